The summed E-state index contributed by atoms with van der Waals surface area (Å²) in [6.07, 6.45) is 4.62. The van der Waals surface area contributed by atoms with Gasteiger partial charge in [0, 0.05) is 25.7 Å². The predicted octanol–water partition coefficient (Wildman–Crippen LogP) is 0.966. The van der Waals surface area contributed by atoms with Gasteiger partial charge in [0.1, 0.15) is 0 Å². The van der Waals surface area contributed by atoms with Gasteiger partial charge in [-0.25, -0.2) is 4.79 Å². The Morgan fingerprint density at radius 1 is 1.27 bits per heavy atom. The molecule has 1 unspecified atom stereocenters. The van der Waals surface area contributed by atoms with Crippen LogP contribution in [0.3, 0.4) is 0 Å². The van der Waals surface area contributed by atoms with Gasteiger partial charge in [0.25, 0.3) is 0 Å². The van der Waals surface area contributed by atoms with Crippen LogP contribution in [-0.2, 0) is 0 Å². The predicted molar refractivity (Wildman–Crippen MR) is 62.5 cm³/mol. The van der Waals surface area contributed by atoms with E-state index in [-0.39, 0.29) is 18.4 Å². The van der Waals surface area contributed by atoms with Gasteiger partial charge < -0.3 is 15.5 Å². The highest BCUT2D eigenvalue weighted by Gasteiger charge is 2.21. The maximum absolute atomic E-state index is 11.7. The number of piperidine rings is 1. The van der Waals surface area contributed by atoms with E-state index in [1.54, 1.807) is 0 Å². The third-order valence-electron chi connectivity index (χ3n) is 3.02. The molecule has 5 heteroatoms. The zero-order chi connectivity index (χ0) is 9.80. The molecular formula is C10H20ClN3O. The lowest BCUT2D eigenvalue weighted by atomic mass is 10.1. The molecule has 0 aromatic carbocycles. The molecule has 0 saturated carbocycles. The van der Waals surface area contributed by atoms with Crippen LogP contribution >= 0.6 is 12.4 Å². The highest BCUT2D eigenvalue weighted by Crippen LogP contribution is 2.08. The number of amides is 2. The molecule has 4 nitrogen and oxygen atoms in total. The fourth-order valence-corrected chi connectivity index (χ4v) is 2.16. The molecule has 0 aliphatic carbocycles. The Hall–Kier alpha value is -0.480. The number of nitrogens with zero attached hydrogens (tertiary/aromatic N) is 1. The van der Waals surface area contributed by atoms with Gasteiger partial charge in [-0.3, -0.25) is 0 Å². The third-order valence-corrected chi connectivity index (χ3v) is 3.02. The van der Waals surface area contributed by atoms with Crippen LogP contribution in [0.25, 0.3) is 0 Å². The fraction of sp³-hybridized carbons (Fsp3) is 0.900. The minimum atomic E-state index is 0. The normalized spacial score (nSPS) is 25.9. The van der Waals surface area contributed by atoms with Crippen LogP contribution in [0, 0.1) is 0 Å². The van der Waals surface area contributed by atoms with Gasteiger partial charge >= 0.3 is 6.03 Å². The van der Waals surface area contributed by atoms with E-state index in [9.17, 15) is 4.79 Å². The van der Waals surface area contributed by atoms with E-state index in [0.717, 1.165) is 45.4 Å². The molecule has 2 fully saturated rings. The summed E-state index contributed by atoms with van der Waals surface area (Å²) in [4.78, 5) is 13.6. The molecule has 0 radical (unpaired) electrons. The summed E-state index contributed by atoms with van der Waals surface area (Å²) < 4.78 is 0. The van der Waals surface area contributed by atoms with Gasteiger partial charge in [-0.2, -0.15) is 0 Å². The molecule has 0 aromatic heterocycles. The molecule has 2 rings (SSSR count). The Kier molecular flexibility index (Phi) is 5.19. The number of carbonyl (C=O) groups excluding carboxylic acids is 1. The van der Waals surface area contributed by atoms with Crippen molar-refractivity contribution in [3.05, 3.63) is 0 Å². The van der Waals surface area contributed by atoms with Crippen molar-refractivity contribution in [1.29, 1.82) is 0 Å². The SMILES string of the molecule is Cl.O=C(NC1CCCNC1)N1CCCC1. The van der Waals surface area contributed by atoms with Crippen LogP contribution in [-0.4, -0.2) is 43.2 Å². The topological polar surface area (TPSA) is 44.4 Å². The number of halogens is 1. The molecule has 0 bridgehead atoms. The van der Waals surface area contributed by atoms with Gasteiger partial charge in [0.15, 0.2) is 0 Å². The lowest BCUT2D eigenvalue weighted by Gasteiger charge is -2.26. The van der Waals surface area contributed by atoms with E-state index in [0.29, 0.717) is 6.04 Å². The first-order valence-corrected chi connectivity index (χ1v) is 5.62. The zero-order valence-electron chi connectivity index (χ0n) is 9.00. The van der Waals surface area contributed by atoms with Gasteiger partial charge in [-0.05, 0) is 32.2 Å². The Morgan fingerprint density at radius 2 is 2.00 bits per heavy atom. The van der Waals surface area contributed by atoms with Crippen molar-refractivity contribution in [3.63, 3.8) is 0 Å². The molecule has 2 saturated heterocycles. The average Bonchev–Trinajstić information content (AvgIpc) is 2.72. The minimum Gasteiger partial charge on any atom is -0.334 e. The minimum absolute atomic E-state index is 0. The third kappa shape index (κ3) is 3.54. The number of urea groups is 1. The number of nitrogens with one attached hydrogen (secondary N) is 2. The quantitative estimate of drug-likeness (QED) is 0.709. The number of hydrogen-bond acceptors (Lipinski definition) is 2. The van der Waals surface area contributed by atoms with Crippen molar-refractivity contribution in [3.8, 4) is 0 Å². The van der Waals surface area contributed by atoms with E-state index < -0.39 is 0 Å². The summed E-state index contributed by atoms with van der Waals surface area (Å²) in [5.74, 6) is 0. The Bertz CT molecular complexity index is 201. The molecule has 1 atom stereocenters. The second kappa shape index (κ2) is 6.18. The molecule has 88 valence electrons. The largest absolute Gasteiger partial charge is 0.334 e. The summed E-state index contributed by atoms with van der Waals surface area (Å²) in [5.41, 5.74) is 0. The molecule has 2 N–H and O–H groups in total. The Labute approximate surface area is 97.2 Å². The first-order chi connectivity index (χ1) is 6.86. The van der Waals surface area contributed by atoms with Gasteiger partial charge in [-0.15, -0.1) is 12.4 Å². The number of rotatable bonds is 1. The molecule has 2 aliphatic heterocycles. The number of likely N-dealkylation sites (tertiary alicyclic amines) is 1. The highest BCUT2D eigenvalue weighted by molar-refractivity contribution is 5.85. The van der Waals surface area contributed by atoms with Crippen molar-refractivity contribution in [1.82, 2.24) is 15.5 Å². The van der Waals surface area contributed by atoms with Crippen LogP contribution in [0.2, 0.25) is 0 Å². The van der Waals surface area contributed by atoms with Crippen molar-refractivity contribution >= 4 is 18.4 Å². The zero-order valence-corrected chi connectivity index (χ0v) is 9.81. The van der Waals surface area contributed by atoms with Crippen molar-refractivity contribution in [2.45, 2.75) is 31.7 Å². The average molecular weight is 234 g/mol. The van der Waals surface area contributed by atoms with Gasteiger partial charge in [-0.1, -0.05) is 0 Å². The first-order valence-electron chi connectivity index (χ1n) is 5.62. The molecule has 2 amide bonds. The highest BCUT2D eigenvalue weighted by atomic mass is 35.5. The van der Waals surface area contributed by atoms with Gasteiger partial charge in [0.2, 0.25) is 0 Å². The molecule has 2 aliphatic rings. The summed E-state index contributed by atoms with van der Waals surface area (Å²) in [6.45, 7) is 3.90. The van der Waals surface area contributed by atoms with E-state index in [2.05, 4.69) is 10.6 Å². The van der Waals surface area contributed by atoms with E-state index in [1.807, 2.05) is 4.90 Å². The van der Waals surface area contributed by atoms with Crippen LogP contribution in [0.15, 0.2) is 0 Å². The van der Waals surface area contributed by atoms with Crippen molar-refractivity contribution in [2.24, 2.45) is 0 Å². The van der Waals surface area contributed by atoms with Crippen LogP contribution in [0.1, 0.15) is 25.7 Å². The number of carbonyl (C=O) groups is 1. The summed E-state index contributed by atoms with van der Waals surface area (Å²) in [7, 11) is 0. The Balaban J connectivity index is 0.00000112. The fourth-order valence-electron chi connectivity index (χ4n) is 2.16. The smallest absolute Gasteiger partial charge is 0.317 e. The van der Waals surface area contributed by atoms with Crippen LogP contribution in [0.5, 0.6) is 0 Å². The maximum atomic E-state index is 11.7. The second-order valence-electron chi connectivity index (χ2n) is 4.19. The van der Waals surface area contributed by atoms with Crippen molar-refractivity contribution in [2.75, 3.05) is 26.2 Å². The summed E-state index contributed by atoms with van der Waals surface area (Å²) >= 11 is 0. The second-order valence-corrected chi connectivity index (χ2v) is 4.19. The summed E-state index contributed by atoms with van der Waals surface area (Å²) in [5, 5.41) is 6.38. The lowest BCUT2D eigenvalue weighted by molar-refractivity contribution is 0.201. The molecular weight excluding hydrogens is 214 g/mol. The molecule has 0 aromatic rings. The standard InChI is InChI=1S/C10H19N3O.ClH/c14-10(13-6-1-2-7-13)12-9-4-3-5-11-8-9;/h9,11H,1-8H2,(H,12,14);1H. The number of hydrogen-bond donors (Lipinski definition) is 2. The van der Waals surface area contributed by atoms with Gasteiger partial charge in [0.05, 0.1) is 0 Å². The van der Waals surface area contributed by atoms with E-state index >= 15 is 0 Å². The monoisotopic (exact) mass is 233 g/mol. The first kappa shape index (κ1) is 12.6. The van der Waals surface area contributed by atoms with Crippen molar-refractivity contribution < 1.29 is 4.79 Å². The van der Waals surface area contributed by atoms with Crippen LogP contribution < -0.4 is 10.6 Å². The molecule has 15 heavy (non-hydrogen) atoms. The maximum Gasteiger partial charge on any atom is 0.317 e. The molecule has 2 heterocycles. The summed E-state index contributed by atoms with van der Waals surface area (Å²) in [6, 6.07) is 0.480. The van der Waals surface area contributed by atoms with E-state index in [1.165, 1.54) is 6.42 Å². The Morgan fingerprint density at radius 3 is 2.60 bits per heavy atom. The van der Waals surface area contributed by atoms with Crippen LogP contribution in [0.4, 0.5) is 4.79 Å². The van der Waals surface area contributed by atoms with E-state index in [4.69, 9.17) is 0 Å². The molecule has 0 spiro atoms. The lowest BCUT2D eigenvalue weighted by Crippen LogP contribution is -2.49.